The van der Waals surface area contributed by atoms with Gasteiger partial charge in [0.2, 0.25) is 0 Å². The van der Waals surface area contributed by atoms with Gasteiger partial charge in [0, 0.05) is 40.5 Å². The van der Waals surface area contributed by atoms with Crippen LogP contribution in [0.4, 0.5) is 11.4 Å². The summed E-state index contributed by atoms with van der Waals surface area (Å²) in [4.78, 5) is 15.2. The smallest absolute Gasteiger partial charge is 0.263 e. The van der Waals surface area contributed by atoms with Crippen molar-refractivity contribution in [2.75, 3.05) is 4.90 Å². The molecule has 3 nitrogen and oxygen atoms in total. The first kappa shape index (κ1) is 16.6. The minimum Gasteiger partial charge on any atom is -0.347 e. The molecule has 0 bridgehead atoms. The zero-order chi connectivity index (χ0) is 19.1. The van der Waals surface area contributed by atoms with Gasteiger partial charge in [-0.1, -0.05) is 54.6 Å². The maximum atomic E-state index is 13.4. The number of hydrogen-bond donors (Lipinski definition) is 0. The van der Waals surface area contributed by atoms with Crippen molar-refractivity contribution >= 4 is 39.8 Å². The van der Waals surface area contributed by atoms with Gasteiger partial charge in [0.1, 0.15) is 0 Å². The summed E-state index contributed by atoms with van der Waals surface area (Å²) in [5, 5.41) is 1.17. The Hall–Kier alpha value is -3.59. The molecule has 2 heterocycles. The SMILES string of the molecule is CCn1cc(/C=C2/C(=O)N(c3ccccc3)c3ccccc32)c2ccccc21. The van der Waals surface area contributed by atoms with Gasteiger partial charge in [-0.3, -0.25) is 9.69 Å². The van der Waals surface area contributed by atoms with E-state index in [1.54, 1.807) is 4.90 Å². The largest absolute Gasteiger partial charge is 0.347 e. The molecule has 0 atom stereocenters. The van der Waals surface area contributed by atoms with Gasteiger partial charge in [-0.05, 0) is 37.3 Å². The van der Waals surface area contributed by atoms with E-state index >= 15 is 0 Å². The lowest BCUT2D eigenvalue weighted by Gasteiger charge is -2.16. The van der Waals surface area contributed by atoms with E-state index in [-0.39, 0.29) is 5.91 Å². The van der Waals surface area contributed by atoms with Crippen LogP contribution in [0, 0.1) is 0 Å². The Morgan fingerprint density at radius 2 is 1.57 bits per heavy atom. The molecule has 5 rings (SSSR count). The number of anilines is 2. The molecular formula is C25H20N2O. The minimum atomic E-state index is 0.0146. The molecule has 1 aliphatic heterocycles. The summed E-state index contributed by atoms with van der Waals surface area (Å²) in [6.07, 6.45) is 4.18. The fourth-order valence-corrected chi connectivity index (χ4v) is 4.02. The number of benzene rings is 3. The standard InChI is InChI=1S/C25H20N2O/c1-2-26-17-18(20-12-6-8-14-23(20)26)16-22-21-13-7-9-15-24(21)27(25(22)28)19-10-4-3-5-11-19/h3-17H,2H2,1H3/b22-16+. The summed E-state index contributed by atoms with van der Waals surface area (Å²) in [5.41, 5.74) is 5.80. The lowest BCUT2D eigenvalue weighted by atomic mass is 10.0. The van der Waals surface area contributed by atoms with Gasteiger partial charge in [0.25, 0.3) is 5.91 Å². The van der Waals surface area contributed by atoms with E-state index in [2.05, 4.69) is 35.9 Å². The summed E-state index contributed by atoms with van der Waals surface area (Å²) >= 11 is 0. The number of para-hydroxylation sites is 3. The second-order valence-electron chi connectivity index (χ2n) is 6.94. The molecule has 28 heavy (non-hydrogen) atoms. The van der Waals surface area contributed by atoms with Crippen LogP contribution < -0.4 is 4.90 Å². The van der Waals surface area contributed by atoms with E-state index < -0.39 is 0 Å². The molecule has 0 fully saturated rings. The second-order valence-corrected chi connectivity index (χ2v) is 6.94. The molecule has 3 aromatic carbocycles. The molecule has 1 aromatic heterocycles. The maximum absolute atomic E-state index is 13.4. The van der Waals surface area contributed by atoms with Crippen molar-refractivity contribution < 1.29 is 4.79 Å². The Kier molecular flexibility index (Phi) is 3.87. The Morgan fingerprint density at radius 1 is 0.857 bits per heavy atom. The van der Waals surface area contributed by atoms with Crippen LogP contribution >= 0.6 is 0 Å². The third-order valence-electron chi connectivity index (χ3n) is 5.34. The number of carbonyl (C=O) groups excluding carboxylic acids is 1. The summed E-state index contributed by atoms with van der Waals surface area (Å²) in [6.45, 7) is 3.03. The van der Waals surface area contributed by atoms with Crippen molar-refractivity contribution in [1.82, 2.24) is 4.57 Å². The average Bonchev–Trinajstić information content (AvgIpc) is 3.24. The lowest BCUT2D eigenvalue weighted by molar-refractivity contribution is -0.112. The normalized spacial score (nSPS) is 14.8. The van der Waals surface area contributed by atoms with E-state index in [1.165, 1.54) is 10.9 Å². The van der Waals surface area contributed by atoms with Gasteiger partial charge in [-0.25, -0.2) is 0 Å². The molecule has 0 unspecified atom stereocenters. The van der Waals surface area contributed by atoms with Crippen LogP contribution in [-0.4, -0.2) is 10.5 Å². The number of fused-ring (bicyclic) bond motifs is 2. The van der Waals surface area contributed by atoms with Crippen molar-refractivity contribution in [2.24, 2.45) is 0 Å². The van der Waals surface area contributed by atoms with Crippen molar-refractivity contribution in [1.29, 1.82) is 0 Å². The number of rotatable bonds is 3. The maximum Gasteiger partial charge on any atom is 0.263 e. The van der Waals surface area contributed by atoms with Crippen LogP contribution in [0.15, 0.2) is 85.1 Å². The monoisotopic (exact) mass is 364 g/mol. The molecular weight excluding hydrogens is 344 g/mol. The van der Waals surface area contributed by atoms with Gasteiger partial charge in [-0.2, -0.15) is 0 Å². The third-order valence-corrected chi connectivity index (χ3v) is 5.34. The molecule has 0 saturated carbocycles. The minimum absolute atomic E-state index is 0.0146. The molecule has 1 aliphatic rings. The highest BCUT2D eigenvalue weighted by atomic mass is 16.2. The lowest BCUT2D eigenvalue weighted by Crippen LogP contribution is -2.20. The van der Waals surface area contributed by atoms with E-state index in [0.717, 1.165) is 34.6 Å². The first-order valence-electron chi connectivity index (χ1n) is 9.56. The summed E-state index contributed by atoms with van der Waals surface area (Å²) in [6, 6.07) is 26.2. The molecule has 0 aliphatic carbocycles. The third kappa shape index (κ3) is 2.48. The number of nitrogens with zero attached hydrogens (tertiary/aromatic N) is 2. The molecule has 1 amide bonds. The van der Waals surface area contributed by atoms with Crippen LogP contribution in [0.25, 0.3) is 22.6 Å². The van der Waals surface area contributed by atoms with Crippen molar-refractivity contribution in [3.8, 4) is 0 Å². The van der Waals surface area contributed by atoms with E-state index in [1.807, 2.05) is 66.7 Å². The van der Waals surface area contributed by atoms with Gasteiger partial charge in [0.05, 0.1) is 11.3 Å². The van der Waals surface area contributed by atoms with Crippen molar-refractivity contribution in [3.63, 3.8) is 0 Å². The van der Waals surface area contributed by atoms with E-state index in [9.17, 15) is 4.79 Å². The van der Waals surface area contributed by atoms with Crippen LogP contribution in [0.5, 0.6) is 0 Å². The second kappa shape index (κ2) is 6.54. The van der Waals surface area contributed by atoms with Crippen molar-refractivity contribution in [3.05, 3.63) is 96.2 Å². The quantitative estimate of drug-likeness (QED) is 0.417. The van der Waals surface area contributed by atoms with Crippen LogP contribution in [-0.2, 0) is 11.3 Å². The Balaban J connectivity index is 1.70. The summed E-state index contributed by atoms with van der Waals surface area (Å²) in [7, 11) is 0. The Bertz CT molecular complexity index is 1220. The molecule has 3 heteroatoms. The molecule has 0 N–H and O–H groups in total. The number of aryl methyl sites for hydroxylation is 1. The highest BCUT2D eigenvalue weighted by molar-refractivity contribution is 6.38. The highest BCUT2D eigenvalue weighted by Crippen LogP contribution is 2.42. The first-order chi connectivity index (χ1) is 13.8. The van der Waals surface area contributed by atoms with E-state index in [4.69, 9.17) is 0 Å². The zero-order valence-electron chi connectivity index (χ0n) is 15.7. The average molecular weight is 364 g/mol. The highest BCUT2D eigenvalue weighted by Gasteiger charge is 2.33. The van der Waals surface area contributed by atoms with Gasteiger partial charge < -0.3 is 4.57 Å². The molecule has 0 saturated heterocycles. The predicted molar refractivity (Wildman–Crippen MR) is 116 cm³/mol. The van der Waals surface area contributed by atoms with Crippen LogP contribution in [0.1, 0.15) is 18.1 Å². The van der Waals surface area contributed by atoms with Gasteiger partial charge >= 0.3 is 0 Å². The summed E-state index contributed by atoms with van der Waals surface area (Å²) in [5.74, 6) is 0.0146. The number of hydrogen-bond acceptors (Lipinski definition) is 1. The predicted octanol–water partition coefficient (Wildman–Crippen LogP) is 5.88. The van der Waals surface area contributed by atoms with Crippen LogP contribution in [0.2, 0.25) is 0 Å². The number of amides is 1. The molecule has 4 aromatic rings. The van der Waals surface area contributed by atoms with Gasteiger partial charge in [-0.15, -0.1) is 0 Å². The fraction of sp³-hybridized carbons (Fsp3) is 0.0800. The van der Waals surface area contributed by atoms with Crippen molar-refractivity contribution in [2.45, 2.75) is 13.5 Å². The fourth-order valence-electron chi connectivity index (χ4n) is 4.02. The summed E-state index contributed by atoms with van der Waals surface area (Å²) < 4.78 is 2.22. The van der Waals surface area contributed by atoms with Crippen LogP contribution in [0.3, 0.4) is 0 Å². The molecule has 136 valence electrons. The molecule has 0 radical (unpaired) electrons. The molecule has 0 spiro atoms. The topological polar surface area (TPSA) is 25.2 Å². The van der Waals surface area contributed by atoms with E-state index in [0.29, 0.717) is 0 Å². The Morgan fingerprint density at radius 3 is 2.39 bits per heavy atom. The number of aromatic nitrogens is 1. The first-order valence-corrected chi connectivity index (χ1v) is 9.56. The zero-order valence-corrected chi connectivity index (χ0v) is 15.7. The number of carbonyl (C=O) groups is 1. The van der Waals surface area contributed by atoms with Gasteiger partial charge in [0.15, 0.2) is 0 Å². The Labute approximate surface area is 164 Å².